The molecule has 0 amide bonds. The molecule has 96 valence electrons. The number of terminal acetylenes is 1. The van der Waals surface area contributed by atoms with Crippen LogP contribution in [0.4, 0.5) is 0 Å². The van der Waals surface area contributed by atoms with Crippen LogP contribution in [0.15, 0.2) is 59.1 Å². The second-order valence-electron chi connectivity index (χ2n) is 4.35. The van der Waals surface area contributed by atoms with Gasteiger partial charge in [0.15, 0.2) is 0 Å². The summed E-state index contributed by atoms with van der Waals surface area (Å²) in [6.45, 7) is 1.44. The fourth-order valence-corrected chi connectivity index (χ4v) is 2.36. The molecule has 2 aromatic carbocycles. The van der Waals surface area contributed by atoms with Crippen molar-refractivity contribution in [2.75, 3.05) is 13.1 Å². The lowest BCUT2D eigenvalue weighted by atomic mass is 9.91. The maximum atomic E-state index is 5.29. The third-order valence-corrected chi connectivity index (χ3v) is 3.58. The summed E-state index contributed by atoms with van der Waals surface area (Å²) < 4.78 is 1.10. The van der Waals surface area contributed by atoms with Crippen LogP contribution in [0, 0.1) is 12.3 Å². The molecule has 0 spiro atoms. The molecule has 0 aliphatic heterocycles. The van der Waals surface area contributed by atoms with Gasteiger partial charge in [0.1, 0.15) is 0 Å². The Morgan fingerprint density at radius 3 is 2.26 bits per heavy atom. The van der Waals surface area contributed by atoms with Gasteiger partial charge < -0.3 is 5.32 Å². The fraction of sp³-hybridized carbons (Fsp3) is 0.176. The highest BCUT2D eigenvalue weighted by Gasteiger charge is 2.13. The Morgan fingerprint density at radius 2 is 1.63 bits per heavy atom. The van der Waals surface area contributed by atoms with Crippen molar-refractivity contribution in [3.63, 3.8) is 0 Å². The Morgan fingerprint density at radius 1 is 1.00 bits per heavy atom. The van der Waals surface area contributed by atoms with E-state index in [-0.39, 0.29) is 0 Å². The van der Waals surface area contributed by atoms with Crippen molar-refractivity contribution in [3.05, 3.63) is 70.2 Å². The van der Waals surface area contributed by atoms with E-state index >= 15 is 0 Å². The monoisotopic (exact) mass is 313 g/mol. The minimum atomic E-state index is 0.322. The summed E-state index contributed by atoms with van der Waals surface area (Å²) in [4.78, 5) is 0. The molecule has 0 heterocycles. The predicted molar refractivity (Wildman–Crippen MR) is 84.1 cm³/mol. The Balaban J connectivity index is 2.24. The number of halogens is 1. The highest BCUT2D eigenvalue weighted by atomic mass is 79.9. The summed E-state index contributed by atoms with van der Waals surface area (Å²) in [6.07, 6.45) is 5.29. The van der Waals surface area contributed by atoms with E-state index in [1.165, 1.54) is 11.1 Å². The summed E-state index contributed by atoms with van der Waals surface area (Å²) >= 11 is 3.47. The van der Waals surface area contributed by atoms with Crippen molar-refractivity contribution in [3.8, 4) is 12.3 Å². The van der Waals surface area contributed by atoms with Crippen LogP contribution in [-0.4, -0.2) is 13.1 Å². The highest BCUT2D eigenvalue weighted by molar-refractivity contribution is 9.10. The quantitative estimate of drug-likeness (QED) is 0.654. The first-order chi connectivity index (χ1) is 9.31. The molecular weight excluding hydrogens is 298 g/mol. The fourth-order valence-electron chi connectivity index (χ4n) is 2.10. The first-order valence-corrected chi connectivity index (χ1v) is 7.05. The molecule has 2 heteroatoms. The second kappa shape index (κ2) is 7.13. The van der Waals surface area contributed by atoms with Gasteiger partial charge in [0.2, 0.25) is 0 Å². The number of hydrogen-bond acceptors (Lipinski definition) is 1. The van der Waals surface area contributed by atoms with Crippen molar-refractivity contribution in [1.82, 2.24) is 5.32 Å². The summed E-state index contributed by atoms with van der Waals surface area (Å²) in [5.74, 6) is 2.94. The van der Waals surface area contributed by atoms with Crippen LogP contribution in [-0.2, 0) is 0 Å². The van der Waals surface area contributed by atoms with Gasteiger partial charge >= 0.3 is 0 Å². The molecule has 2 rings (SSSR count). The van der Waals surface area contributed by atoms with E-state index in [1.807, 2.05) is 6.07 Å². The third-order valence-electron chi connectivity index (χ3n) is 3.05. The summed E-state index contributed by atoms with van der Waals surface area (Å²) in [5, 5.41) is 3.30. The molecule has 0 bridgehead atoms. The number of hydrogen-bond donors (Lipinski definition) is 1. The zero-order valence-electron chi connectivity index (χ0n) is 10.6. The van der Waals surface area contributed by atoms with Crippen molar-refractivity contribution in [2.24, 2.45) is 0 Å². The van der Waals surface area contributed by atoms with Crippen LogP contribution in [0.2, 0.25) is 0 Å². The number of rotatable bonds is 5. The van der Waals surface area contributed by atoms with Gasteiger partial charge in [-0.1, -0.05) is 64.3 Å². The van der Waals surface area contributed by atoms with E-state index in [2.05, 4.69) is 75.7 Å². The van der Waals surface area contributed by atoms with Crippen LogP contribution in [0.25, 0.3) is 0 Å². The van der Waals surface area contributed by atoms with Crippen LogP contribution in [0.1, 0.15) is 17.0 Å². The van der Waals surface area contributed by atoms with Gasteiger partial charge in [-0.15, -0.1) is 6.42 Å². The van der Waals surface area contributed by atoms with E-state index in [0.29, 0.717) is 12.5 Å². The Bertz CT molecular complexity index is 540. The summed E-state index contributed by atoms with van der Waals surface area (Å²) in [7, 11) is 0. The van der Waals surface area contributed by atoms with Crippen LogP contribution >= 0.6 is 15.9 Å². The lowest BCUT2D eigenvalue weighted by Crippen LogP contribution is -2.22. The third kappa shape index (κ3) is 3.96. The highest BCUT2D eigenvalue weighted by Crippen LogP contribution is 2.25. The minimum absolute atomic E-state index is 0.322. The maximum Gasteiger partial charge on any atom is 0.0574 e. The van der Waals surface area contributed by atoms with Gasteiger partial charge in [0.25, 0.3) is 0 Å². The lowest BCUT2D eigenvalue weighted by molar-refractivity contribution is 0.683. The SMILES string of the molecule is C#CCNCC(c1ccccc1)c1ccc(Br)cc1. The molecule has 0 radical (unpaired) electrons. The van der Waals surface area contributed by atoms with E-state index in [4.69, 9.17) is 6.42 Å². The molecule has 0 aliphatic rings. The van der Waals surface area contributed by atoms with E-state index < -0.39 is 0 Å². The number of nitrogens with one attached hydrogen (secondary N) is 1. The second-order valence-corrected chi connectivity index (χ2v) is 5.27. The first-order valence-electron chi connectivity index (χ1n) is 6.26. The van der Waals surface area contributed by atoms with Gasteiger partial charge in [-0.25, -0.2) is 0 Å². The van der Waals surface area contributed by atoms with E-state index in [0.717, 1.165) is 11.0 Å². The molecule has 1 atom stereocenters. The first kappa shape index (κ1) is 13.9. The molecule has 0 aromatic heterocycles. The van der Waals surface area contributed by atoms with Crippen molar-refractivity contribution < 1.29 is 0 Å². The van der Waals surface area contributed by atoms with E-state index in [1.54, 1.807) is 0 Å². The molecule has 1 unspecified atom stereocenters. The normalized spacial score (nSPS) is 11.8. The van der Waals surface area contributed by atoms with Gasteiger partial charge in [-0.2, -0.15) is 0 Å². The zero-order valence-corrected chi connectivity index (χ0v) is 12.2. The van der Waals surface area contributed by atoms with Crippen LogP contribution in [0.5, 0.6) is 0 Å². The number of benzene rings is 2. The average Bonchev–Trinajstić information content (AvgIpc) is 2.46. The molecule has 1 N–H and O–H groups in total. The Labute approximate surface area is 123 Å². The predicted octanol–water partition coefficient (Wildman–Crippen LogP) is 3.80. The molecule has 0 saturated carbocycles. The molecule has 0 aliphatic carbocycles. The van der Waals surface area contributed by atoms with E-state index in [9.17, 15) is 0 Å². The maximum absolute atomic E-state index is 5.29. The van der Waals surface area contributed by atoms with Crippen molar-refractivity contribution in [2.45, 2.75) is 5.92 Å². The van der Waals surface area contributed by atoms with Crippen LogP contribution < -0.4 is 5.32 Å². The van der Waals surface area contributed by atoms with Gasteiger partial charge in [0, 0.05) is 16.9 Å². The molecular formula is C17H16BrN. The molecule has 19 heavy (non-hydrogen) atoms. The minimum Gasteiger partial charge on any atom is -0.305 e. The van der Waals surface area contributed by atoms with Gasteiger partial charge in [0.05, 0.1) is 6.54 Å². The van der Waals surface area contributed by atoms with Crippen molar-refractivity contribution in [1.29, 1.82) is 0 Å². The summed E-state index contributed by atoms with van der Waals surface area (Å²) in [6, 6.07) is 19.0. The molecule has 0 saturated heterocycles. The Kier molecular flexibility index (Phi) is 5.20. The topological polar surface area (TPSA) is 12.0 Å². The van der Waals surface area contributed by atoms with Crippen molar-refractivity contribution >= 4 is 15.9 Å². The largest absolute Gasteiger partial charge is 0.305 e. The van der Waals surface area contributed by atoms with Gasteiger partial charge in [-0.3, -0.25) is 0 Å². The molecule has 0 fully saturated rings. The van der Waals surface area contributed by atoms with Crippen LogP contribution in [0.3, 0.4) is 0 Å². The zero-order chi connectivity index (χ0) is 13.5. The summed E-state index contributed by atoms with van der Waals surface area (Å²) in [5.41, 5.74) is 2.59. The smallest absolute Gasteiger partial charge is 0.0574 e. The molecule has 1 nitrogen and oxygen atoms in total. The average molecular weight is 314 g/mol. The standard InChI is InChI=1S/C17H16BrN/c1-2-12-19-13-17(14-6-4-3-5-7-14)15-8-10-16(18)11-9-15/h1,3-11,17,19H,12-13H2. The molecule has 2 aromatic rings. The van der Waals surface area contributed by atoms with Gasteiger partial charge in [-0.05, 0) is 23.3 Å². The lowest BCUT2D eigenvalue weighted by Gasteiger charge is -2.18. The Hall–Kier alpha value is -1.56.